The van der Waals surface area contributed by atoms with Crippen molar-refractivity contribution in [1.82, 2.24) is 9.55 Å². The first-order valence-corrected chi connectivity index (χ1v) is 9.36. The minimum absolute atomic E-state index is 0.102. The number of azo groups is 1. The van der Waals surface area contributed by atoms with Crippen LogP contribution in [0.5, 0.6) is 0 Å². The SMILES string of the molecule is O=C(Cn1cnc2ccsc2c1=O)Nc1ccc(N=Nc2ccccc2)cc1. The highest BCUT2D eigenvalue weighted by Crippen LogP contribution is 2.20. The molecule has 0 spiro atoms. The number of carbonyl (C=O) groups is 1. The lowest BCUT2D eigenvalue weighted by atomic mass is 10.3. The lowest BCUT2D eigenvalue weighted by molar-refractivity contribution is -0.116. The maximum Gasteiger partial charge on any atom is 0.271 e. The van der Waals surface area contributed by atoms with Crippen LogP contribution in [0.4, 0.5) is 17.1 Å². The van der Waals surface area contributed by atoms with Crippen molar-refractivity contribution in [2.45, 2.75) is 6.54 Å². The number of benzene rings is 2. The molecular formula is C20H15N5O2S. The van der Waals surface area contributed by atoms with E-state index in [0.29, 0.717) is 21.6 Å². The Bertz CT molecular complexity index is 1200. The molecule has 0 saturated carbocycles. The Morgan fingerprint density at radius 2 is 1.71 bits per heavy atom. The molecule has 0 aliphatic heterocycles. The Balaban J connectivity index is 1.41. The van der Waals surface area contributed by atoms with E-state index in [0.717, 1.165) is 5.69 Å². The zero-order valence-corrected chi connectivity index (χ0v) is 15.5. The van der Waals surface area contributed by atoms with Gasteiger partial charge in [0.1, 0.15) is 11.2 Å². The molecule has 7 nitrogen and oxygen atoms in total. The molecule has 2 aromatic heterocycles. The van der Waals surface area contributed by atoms with Crippen LogP contribution in [0.3, 0.4) is 0 Å². The summed E-state index contributed by atoms with van der Waals surface area (Å²) in [6, 6.07) is 18.2. The molecule has 0 saturated heterocycles. The van der Waals surface area contributed by atoms with Crippen molar-refractivity contribution in [2.24, 2.45) is 10.2 Å². The Hall–Kier alpha value is -3.65. The van der Waals surface area contributed by atoms with Gasteiger partial charge in [-0.1, -0.05) is 18.2 Å². The molecule has 1 amide bonds. The van der Waals surface area contributed by atoms with E-state index < -0.39 is 0 Å². The van der Waals surface area contributed by atoms with Crippen LogP contribution >= 0.6 is 11.3 Å². The van der Waals surface area contributed by atoms with Crippen molar-refractivity contribution < 1.29 is 4.79 Å². The molecule has 0 fully saturated rings. The van der Waals surface area contributed by atoms with Gasteiger partial charge >= 0.3 is 0 Å². The predicted molar refractivity (Wildman–Crippen MR) is 110 cm³/mol. The molecule has 0 atom stereocenters. The van der Waals surface area contributed by atoms with Gasteiger partial charge in [-0.25, -0.2) is 4.98 Å². The van der Waals surface area contributed by atoms with Gasteiger partial charge in [-0.2, -0.15) is 10.2 Å². The Morgan fingerprint density at radius 1 is 1.00 bits per heavy atom. The molecule has 0 aliphatic rings. The van der Waals surface area contributed by atoms with Gasteiger partial charge in [-0.05, 0) is 47.8 Å². The number of rotatable bonds is 5. The lowest BCUT2D eigenvalue weighted by Crippen LogP contribution is -2.27. The van der Waals surface area contributed by atoms with Crippen molar-refractivity contribution in [3.63, 3.8) is 0 Å². The number of amides is 1. The van der Waals surface area contributed by atoms with Crippen LogP contribution in [0.1, 0.15) is 0 Å². The van der Waals surface area contributed by atoms with Crippen LogP contribution < -0.4 is 10.9 Å². The van der Waals surface area contributed by atoms with Crippen molar-refractivity contribution in [1.29, 1.82) is 0 Å². The molecule has 0 radical (unpaired) electrons. The fourth-order valence-electron chi connectivity index (χ4n) is 2.57. The number of nitrogens with zero attached hydrogens (tertiary/aromatic N) is 4. The fraction of sp³-hybridized carbons (Fsp3) is 0.0500. The third kappa shape index (κ3) is 4.02. The van der Waals surface area contributed by atoms with Crippen molar-refractivity contribution in [3.8, 4) is 0 Å². The first-order chi connectivity index (χ1) is 13.7. The van der Waals surface area contributed by atoms with Crippen LogP contribution in [0, 0.1) is 0 Å². The molecule has 2 aromatic carbocycles. The van der Waals surface area contributed by atoms with Gasteiger partial charge in [0, 0.05) is 5.69 Å². The lowest BCUT2D eigenvalue weighted by Gasteiger charge is -2.07. The highest BCUT2D eigenvalue weighted by atomic mass is 32.1. The van der Waals surface area contributed by atoms with Crippen LogP contribution in [-0.4, -0.2) is 15.5 Å². The van der Waals surface area contributed by atoms with Crippen molar-refractivity contribution in [2.75, 3.05) is 5.32 Å². The van der Waals surface area contributed by atoms with Crippen LogP contribution in [0.25, 0.3) is 10.2 Å². The number of hydrogen-bond acceptors (Lipinski definition) is 6. The molecule has 0 bridgehead atoms. The summed E-state index contributed by atoms with van der Waals surface area (Å²) in [5.74, 6) is -0.307. The molecular weight excluding hydrogens is 374 g/mol. The maximum absolute atomic E-state index is 12.3. The second-order valence-electron chi connectivity index (χ2n) is 5.94. The first kappa shape index (κ1) is 17.7. The van der Waals surface area contributed by atoms with Gasteiger partial charge < -0.3 is 5.32 Å². The van der Waals surface area contributed by atoms with Crippen molar-refractivity contribution >= 4 is 44.5 Å². The average molecular weight is 389 g/mol. The van der Waals surface area contributed by atoms with E-state index in [-0.39, 0.29) is 18.0 Å². The Labute approximate surface area is 164 Å². The molecule has 8 heteroatoms. The standard InChI is InChI=1S/C20H15N5O2S/c26-18(12-25-13-21-17-10-11-28-19(17)20(25)27)22-14-6-8-16(9-7-14)24-23-15-4-2-1-3-5-15/h1-11,13H,12H2,(H,22,26). The molecule has 1 N–H and O–H groups in total. The third-order valence-electron chi connectivity index (χ3n) is 3.94. The minimum Gasteiger partial charge on any atom is -0.325 e. The summed E-state index contributed by atoms with van der Waals surface area (Å²) in [5, 5.41) is 12.9. The topological polar surface area (TPSA) is 88.7 Å². The number of anilines is 1. The van der Waals surface area contributed by atoms with Gasteiger partial charge in [0.2, 0.25) is 5.91 Å². The molecule has 4 rings (SSSR count). The van der Waals surface area contributed by atoms with Gasteiger partial charge in [0.05, 0.1) is 23.2 Å². The maximum atomic E-state index is 12.3. The monoisotopic (exact) mass is 389 g/mol. The first-order valence-electron chi connectivity index (χ1n) is 8.48. The molecule has 0 aliphatic carbocycles. The Kier molecular flexibility index (Phi) is 5.03. The van der Waals surface area contributed by atoms with Gasteiger partial charge in [0.25, 0.3) is 5.56 Å². The molecule has 0 unspecified atom stereocenters. The number of aromatic nitrogens is 2. The van der Waals surface area contributed by atoms with E-state index in [1.807, 2.05) is 30.3 Å². The summed E-state index contributed by atoms with van der Waals surface area (Å²) in [6.07, 6.45) is 1.39. The van der Waals surface area contributed by atoms with Crippen LogP contribution in [0.15, 0.2) is 87.4 Å². The summed E-state index contributed by atoms with van der Waals surface area (Å²) < 4.78 is 1.85. The molecule has 138 valence electrons. The Morgan fingerprint density at radius 3 is 2.46 bits per heavy atom. The van der Waals surface area contributed by atoms with E-state index in [2.05, 4.69) is 20.5 Å². The zero-order chi connectivity index (χ0) is 19.3. The highest BCUT2D eigenvalue weighted by molar-refractivity contribution is 7.17. The third-order valence-corrected chi connectivity index (χ3v) is 4.83. The van der Waals surface area contributed by atoms with Gasteiger partial charge in [-0.15, -0.1) is 11.3 Å². The molecule has 28 heavy (non-hydrogen) atoms. The van der Waals surface area contributed by atoms with Gasteiger partial charge in [-0.3, -0.25) is 14.2 Å². The summed E-state index contributed by atoms with van der Waals surface area (Å²) in [5.41, 5.74) is 2.48. The second-order valence-corrected chi connectivity index (χ2v) is 6.86. The second kappa shape index (κ2) is 7.93. The number of fused-ring (bicyclic) bond motifs is 1. The van der Waals surface area contributed by atoms with E-state index >= 15 is 0 Å². The fourth-order valence-corrected chi connectivity index (χ4v) is 3.36. The molecule has 2 heterocycles. The largest absolute Gasteiger partial charge is 0.325 e. The number of hydrogen-bond donors (Lipinski definition) is 1. The average Bonchev–Trinajstić information content (AvgIpc) is 3.20. The summed E-state index contributed by atoms with van der Waals surface area (Å²) >= 11 is 1.32. The number of thiophene rings is 1. The smallest absolute Gasteiger partial charge is 0.271 e. The molecule has 4 aromatic rings. The van der Waals surface area contributed by atoms with E-state index in [4.69, 9.17) is 0 Å². The number of carbonyl (C=O) groups excluding carboxylic acids is 1. The summed E-state index contributed by atoms with van der Waals surface area (Å²) in [4.78, 5) is 28.8. The van der Waals surface area contributed by atoms with Crippen LogP contribution in [0.2, 0.25) is 0 Å². The van der Waals surface area contributed by atoms with Crippen LogP contribution in [-0.2, 0) is 11.3 Å². The van der Waals surface area contributed by atoms with E-state index in [1.54, 1.807) is 35.7 Å². The minimum atomic E-state index is -0.307. The highest BCUT2D eigenvalue weighted by Gasteiger charge is 2.09. The normalized spacial score (nSPS) is 11.1. The zero-order valence-electron chi connectivity index (χ0n) is 14.6. The summed E-state index contributed by atoms with van der Waals surface area (Å²) in [6.45, 7) is -0.102. The number of nitrogens with one attached hydrogen (secondary N) is 1. The van der Waals surface area contributed by atoms with E-state index in [9.17, 15) is 9.59 Å². The van der Waals surface area contributed by atoms with Crippen molar-refractivity contribution in [3.05, 3.63) is 82.7 Å². The van der Waals surface area contributed by atoms with Gasteiger partial charge in [0.15, 0.2) is 0 Å². The quantitative estimate of drug-likeness (QED) is 0.509. The summed E-state index contributed by atoms with van der Waals surface area (Å²) in [7, 11) is 0. The van der Waals surface area contributed by atoms with E-state index in [1.165, 1.54) is 22.2 Å². The predicted octanol–water partition coefficient (Wildman–Crippen LogP) is 4.51.